The predicted octanol–water partition coefficient (Wildman–Crippen LogP) is 2.70. The van der Waals surface area contributed by atoms with E-state index in [0.29, 0.717) is 30.7 Å². The molecule has 0 aromatic carbocycles. The summed E-state index contributed by atoms with van der Waals surface area (Å²) in [5.74, 6) is 0.649. The summed E-state index contributed by atoms with van der Waals surface area (Å²) in [4.78, 5) is 27.9. The summed E-state index contributed by atoms with van der Waals surface area (Å²) in [7, 11) is 0. The van der Waals surface area contributed by atoms with E-state index in [1.165, 1.54) is 0 Å². The maximum Gasteiger partial charge on any atom is 0.416 e. The van der Waals surface area contributed by atoms with E-state index in [9.17, 15) is 4.79 Å². The third-order valence-corrected chi connectivity index (χ3v) is 4.69. The monoisotopic (exact) mass is 432 g/mol. The van der Waals surface area contributed by atoms with Gasteiger partial charge in [0.05, 0.1) is 18.1 Å². The number of rotatable bonds is 5. The van der Waals surface area contributed by atoms with Gasteiger partial charge >= 0.3 is 6.09 Å². The van der Waals surface area contributed by atoms with Gasteiger partial charge in [-0.05, 0) is 57.8 Å². The van der Waals surface area contributed by atoms with Crippen LogP contribution in [0, 0.1) is 5.92 Å². The van der Waals surface area contributed by atoms with Crippen LogP contribution in [0.2, 0.25) is 0 Å². The van der Waals surface area contributed by atoms with E-state index < -0.39 is 0 Å². The minimum absolute atomic E-state index is 0.133. The minimum atomic E-state index is -0.387. The third-order valence-electron chi connectivity index (χ3n) is 4.49. The number of nitrogens with zero attached hydrogens (tertiary/aromatic N) is 4. The fraction of sp³-hybridized carbons (Fsp3) is 0.500. The highest BCUT2D eigenvalue weighted by Crippen LogP contribution is 2.19. The van der Waals surface area contributed by atoms with Crippen molar-refractivity contribution in [3.8, 4) is 5.88 Å². The average Bonchev–Trinajstić information content (AvgIpc) is 3.20. The van der Waals surface area contributed by atoms with Gasteiger partial charge in [0.15, 0.2) is 5.11 Å². The number of aromatic nitrogens is 3. The maximum atomic E-state index is 12.4. The largest absolute Gasteiger partial charge is 0.416 e. The first-order chi connectivity index (χ1) is 14.3. The first-order valence-corrected chi connectivity index (χ1v) is 10.3. The van der Waals surface area contributed by atoms with Gasteiger partial charge in [-0.2, -0.15) is 4.73 Å². The fourth-order valence-electron chi connectivity index (χ4n) is 2.97. The summed E-state index contributed by atoms with van der Waals surface area (Å²) in [6.45, 7) is 7.93. The van der Waals surface area contributed by atoms with E-state index in [1.807, 2.05) is 20.8 Å². The van der Waals surface area contributed by atoms with Crippen LogP contribution in [0.4, 0.5) is 10.5 Å². The summed E-state index contributed by atoms with van der Waals surface area (Å²) < 4.78 is 7.00. The molecule has 1 aliphatic heterocycles. The molecule has 0 spiro atoms. The zero-order valence-corrected chi connectivity index (χ0v) is 18.3. The van der Waals surface area contributed by atoms with Gasteiger partial charge in [0.25, 0.3) is 0 Å². The maximum absolute atomic E-state index is 12.4. The molecule has 0 unspecified atom stereocenters. The number of thiocarbonyl (C=S) groups is 1. The van der Waals surface area contributed by atoms with E-state index in [2.05, 4.69) is 20.6 Å². The summed E-state index contributed by atoms with van der Waals surface area (Å²) in [6, 6.07) is 3.41. The van der Waals surface area contributed by atoms with Crippen LogP contribution in [0.1, 0.15) is 33.6 Å². The molecule has 0 radical (unpaired) electrons. The number of pyridine rings is 1. The molecule has 1 fully saturated rings. The van der Waals surface area contributed by atoms with Gasteiger partial charge < -0.3 is 25.1 Å². The lowest BCUT2D eigenvalue weighted by atomic mass is 9.98. The number of imidazole rings is 1. The second-order valence-corrected chi connectivity index (χ2v) is 8.64. The molecule has 1 saturated heterocycles. The van der Waals surface area contributed by atoms with Crippen molar-refractivity contribution in [1.29, 1.82) is 0 Å². The molecular formula is C20H28N6O3S. The first kappa shape index (κ1) is 21.8. The van der Waals surface area contributed by atoms with Gasteiger partial charge in [-0.15, -0.1) is 0 Å². The SMILES string of the molecule is CC(C)(C)NC(=S)Nc1ccc(OC(=O)N2CCC(COn3ccnc3)CC2)nc1. The predicted molar refractivity (Wildman–Crippen MR) is 117 cm³/mol. The Bertz CT molecular complexity index is 827. The van der Waals surface area contributed by atoms with Gasteiger partial charge in [0.1, 0.15) is 12.9 Å². The van der Waals surface area contributed by atoms with E-state index in [0.717, 1.165) is 18.5 Å². The van der Waals surface area contributed by atoms with E-state index in [-0.39, 0.29) is 17.5 Å². The molecule has 10 heteroatoms. The number of amides is 1. The number of likely N-dealkylation sites (tertiary alicyclic amines) is 1. The van der Waals surface area contributed by atoms with Crippen molar-refractivity contribution in [3.63, 3.8) is 0 Å². The van der Waals surface area contributed by atoms with Crippen LogP contribution in [0.3, 0.4) is 0 Å². The summed E-state index contributed by atoms with van der Waals surface area (Å²) in [5, 5.41) is 6.73. The quantitative estimate of drug-likeness (QED) is 0.697. The Morgan fingerprint density at radius 1 is 1.30 bits per heavy atom. The van der Waals surface area contributed by atoms with Crippen LogP contribution < -0.4 is 20.2 Å². The number of carbonyl (C=O) groups excluding carboxylic acids is 1. The molecule has 162 valence electrons. The molecule has 0 bridgehead atoms. The Hall–Kier alpha value is -2.88. The topological polar surface area (TPSA) is 93.5 Å². The van der Waals surface area contributed by atoms with Crippen molar-refractivity contribution in [1.82, 2.24) is 24.9 Å². The number of hydrogen-bond acceptors (Lipinski definition) is 6. The van der Waals surface area contributed by atoms with Gasteiger partial charge in [0, 0.05) is 30.9 Å². The Morgan fingerprint density at radius 3 is 2.67 bits per heavy atom. The van der Waals surface area contributed by atoms with Crippen molar-refractivity contribution in [2.24, 2.45) is 5.92 Å². The normalized spacial score (nSPS) is 14.8. The zero-order chi connectivity index (χ0) is 21.6. The number of nitrogens with one attached hydrogen (secondary N) is 2. The van der Waals surface area contributed by atoms with Gasteiger partial charge in [-0.1, -0.05) is 0 Å². The highest BCUT2D eigenvalue weighted by molar-refractivity contribution is 7.80. The van der Waals surface area contributed by atoms with Gasteiger partial charge in [0.2, 0.25) is 5.88 Å². The Kier molecular flexibility index (Phi) is 7.09. The van der Waals surface area contributed by atoms with Gasteiger partial charge in [-0.3, -0.25) is 0 Å². The average molecular weight is 433 g/mol. The molecule has 1 aliphatic rings. The smallest absolute Gasteiger partial charge is 0.413 e. The Balaban J connectivity index is 1.41. The fourth-order valence-corrected chi connectivity index (χ4v) is 3.39. The number of anilines is 1. The van der Waals surface area contributed by atoms with E-state index in [4.69, 9.17) is 21.8 Å². The molecule has 30 heavy (non-hydrogen) atoms. The lowest BCUT2D eigenvalue weighted by molar-refractivity contribution is 0.0540. The van der Waals surface area contributed by atoms with Crippen molar-refractivity contribution >= 4 is 29.1 Å². The summed E-state index contributed by atoms with van der Waals surface area (Å²) >= 11 is 5.27. The lowest BCUT2D eigenvalue weighted by Gasteiger charge is -2.30. The molecule has 0 atom stereocenters. The Labute approximate surface area is 181 Å². The zero-order valence-electron chi connectivity index (χ0n) is 17.5. The second-order valence-electron chi connectivity index (χ2n) is 8.23. The van der Waals surface area contributed by atoms with Crippen LogP contribution in [0.15, 0.2) is 37.1 Å². The van der Waals surface area contributed by atoms with Crippen LogP contribution >= 0.6 is 12.2 Å². The van der Waals surface area contributed by atoms with Gasteiger partial charge in [-0.25, -0.2) is 14.8 Å². The van der Waals surface area contributed by atoms with Crippen LogP contribution in [0.25, 0.3) is 0 Å². The van der Waals surface area contributed by atoms with Crippen molar-refractivity contribution < 1.29 is 14.4 Å². The van der Waals surface area contributed by atoms with Crippen molar-refractivity contribution in [2.75, 3.05) is 25.0 Å². The highest BCUT2D eigenvalue weighted by atomic mass is 32.1. The number of ether oxygens (including phenoxy) is 1. The number of hydrogen-bond donors (Lipinski definition) is 2. The van der Waals surface area contributed by atoms with E-state index >= 15 is 0 Å². The molecule has 1 amide bonds. The van der Waals surface area contributed by atoms with Crippen molar-refractivity contribution in [3.05, 3.63) is 37.1 Å². The lowest BCUT2D eigenvalue weighted by Crippen LogP contribution is -2.42. The molecule has 3 rings (SSSR count). The molecule has 9 nitrogen and oxygen atoms in total. The standard InChI is InChI=1S/C20H28N6O3S/c1-20(2,3)24-18(30)23-16-4-5-17(22-12-16)29-19(27)25-9-6-15(7-10-25)13-28-26-11-8-21-14-26/h4-5,8,11-12,14-15H,6-7,9-10,13H2,1-3H3,(H2,23,24,30). The Morgan fingerprint density at radius 2 is 2.07 bits per heavy atom. The third kappa shape index (κ3) is 6.87. The molecule has 2 N–H and O–H groups in total. The minimum Gasteiger partial charge on any atom is -0.413 e. The van der Waals surface area contributed by atoms with Crippen LogP contribution in [0.5, 0.6) is 5.88 Å². The van der Waals surface area contributed by atoms with Crippen LogP contribution in [-0.2, 0) is 0 Å². The first-order valence-electron chi connectivity index (χ1n) is 9.92. The second kappa shape index (κ2) is 9.75. The molecule has 0 saturated carbocycles. The number of piperidine rings is 1. The molecule has 2 aromatic rings. The summed E-state index contributed by atoms with van der Waals surface area (Å²) in [6.07, 6.45) is 7.97. The number of carbonyl (C=O) groups is 1. The molecular weight excluding hydrogens is 404 g/mol. The molecule has 2 aromatic heterocycles. The summed E-state index contributed by atoms with van der Waals surface area (Å²) in [5.41, 5.74) is 0.585. The molecule has 0 aliphatic carbocycles. The van der Waals surface area contributed by atoms with Crippen molar-refractivity contribution in [2.45, 2.75) is 39.2 Å². The van der Waals surface area contributed by atoms with Crippen LogP contribution in [-0.4, -0.2) is 56.0 Å². The molecule has 3 heterocycles. The van der Waals surface area contributed by atoms with E-state index in [1.54, 1.807) is 46.7 Å². The highest BCUT2D eigenvalue weighted by Gasteiger charge is 2.25.